The molecule has 0 aromatic heterocycles. The second-order valence-electron chi connectivity index (χ2n) is 5.78. The largest absolute Gasteiger partial charge is 0.383 e. The normalized spacial score (nSPS) is 11.1. The molecule has 0 saturated carbocycles. The van der Waals surface area contributed by atoms with E-state index in [1.807, 2.05) is 6.07 Å². The van der Waals surface area contributed by atoms with Gasteiger partial charge in [0.15, 0.2) is 0 Å². The van der Waals surface area contributed by atoms with Crippen molar-refractivity contribution in [2.45, 2.75) is 33.7 Å². The molecule has 0 spiro atoms. The summed E-state index contributed by atoms with van der Waals surface area (Å²) in [7, 11) is 1.75. The lowest BCUT2D eigenvalue weighted by atomic mass is 10.1. The number of benzene rings is 1. The third-order valence-electron chi connectivity index (χ3n) is 3.28. The molecule has 0 bridgehead atoms. The van der Waals surface area contributed by atoms with E-state index in [0.717, 1.165) is 44.2 Å². The molecule has 0 radical (unpaired) electrons. The van der Waals surface area contributed by atoms with Crippen LogP contribution in [0.5, 0.6) is 0 Å². The number of nitrogens with one attached hydrogen (secondary N) is 1. The molecule has 0 heterocycles. The van der Waals surface area contributed by atoms with Crippen molar-refractivity contribution in [3.8, 4) is 0 Å². The number of methoxy groups -OCH3 is 1. The van der Waals surface area contributed by atoms with Gasteiger partial charge >= 0.3 is 0 Å². The molecule has 0 aliphatic carbocycles. The van der Waals surface area contributed by atoms with Crippen LogP contribution in [0, 0.1) is 5.92 Å². The van der Waals surface area contributed by atoms with E-state index in [2.05, 4.69) is 43.1 Å². The Bertz CT molecular complexity index is 410. The Morgan fingerprint density at radius 1 is 1.33 bits per heavy atom. The van der Waals surface area contributed by atoms with Crippen LogP contribution in [0.1, 0.15) is 32.8 Å². The fourth-order valence-corrected chi connectivity index (χ4v) is 2.50. The first kappa shape index (κ1) is 18.3. The predicted octanol–water partition coefficient (Wildman–Crippen LogP) is 3.95. The average Bonchev–Trinajstić information content (AvgIpc) is 2.45. The average molecular weight is 313 g/mol. The van der Waals surface area contributed by atoms with Crippen LogP contribution in [0.25, 0.3) is 0 Å². The summed E-state index contributed by atoms with van der Waals surface area (Å²) in [4.78, 5) is 2.38. The maximum Gasteiger partial charge on any atom is 0.0637 e. The zero-order valence-electron chi connectivity index (χ0n) is 13.8. The van der Waals surface area contributed by atoms with Crippen molar-refractivity contribution in [1.29, 1.82) is 0 Å². The first-order valence-electron chi connectivity index (χ1n) is 7.81. The summed E-state index contributed by atoms with van der Waals surface area (Å²) in [6, 6.07) is 6.17. The van der Waals surface area contributed by atoms with Gasteiger partial charge in [-0.25, -0.2) is 0 Å². The van der Waals surface area contributed by atoms with Crippen LogP contribution in [0.3, 0.4) is 0 Å². The standard InChI is InChI=1S/C17H29ClN2O/c1-5-8-19-12-15-6-7-16(18)11-17(15)20(9-10-21-4)13-14(2)3/h6-7,11,14,19H,5,8-10,12-13H2,1-4H3. The summed E-state index contributed by atoms with van der Waals surface area (Å²) in [5, 5.41) is 4.26. The van der Waals surface area contributed by atoms with Gasteiger partial charge in [-0.15, -0.1) is 0 Å². The fourth-order valence-electron chi connectivity index (χ4n) is 2.33. The molecule has 3 nitrogen and oxygen atoms in total. The van der Waals surface area contributed by atoms with Gasteiger partial charge in [0.1, 0.15) is 0 Å². The molecule has 1 aromatic rings. The second-order valence-corrected chi connectivity index (χ2v) is 6.22. The summed E-state index contributed by atoms with van der Waals surface area (Å²) in [5.74, 6) is 0.595. The molecule has 4 heteroatoms. The maximum absolute atomic E-state index is 6.21. The van der Waals surface area contributed by atoms with Gasteiger partial charge in [-0.1, -0.05) is 38.4 Å². The third kappa shape index (κ3) is 6.68. The lowest BCUT2D eigenvalue weighted by molar-refractivity contribution is 0.204. The topological polar surface area (TPSA) is 24.5 Å². The summed E-state index contributed by atoms with van der Waals surface area (Å²) in [5.41, 5.74) is 2.52. The molecule has 0 fully saturated rings. The van der Waals surface area contributed by atoms with Crippen LogP contribution in [-0.4, -0.2) is 33.4 Å². The molecule has 0 aliphatic rings. The van der Waals surface area contributed by atoms with Crippen molar-refractivity contribution >= 4 is 17.3 Å². The Morgan fingerprint density at radius 2 is 2.10 bits per heavy atom. The van der Waals surface area contributed by atoms with Gasteiger partial charge in [0.2, 0.25) is 0 Å². The highest BCUT2D eigenvalue weighted by atomic mass is 35.5. The number of hydrogen-bond acceptors (Lipinski definition) is 3. The molecular weight excluding hydrogens is 284 g/mol. The number of anilines is 1. The van der Waals surface area contributed by atoms with Gasteiger partial charge in [-0.2, -0.15) is 0 Å². The lowest BCUT2D eigenvalue weighted by Crippen LogP contribution is -2.32. The van der Waals surface area contributed by atoms with Crippen molar-refractivity contribution in [2.24, 2.45) is 5.92 Å². The monoisotopic (exact) mass is 312 g/mol. The number of halogens is 1. The minimum atomic E-state index is 0.595. The van der Waals surface area contributed by atoms with Gasteiger partial charge in [0, 0.05) is 37.5 Å². The highest BCUT2D eigenvalue weighted by Crippen LogP contribution is 2.26. The molecule has 0 saturated heterocycles. The molecule has 0 aliphatic heterocycles. The summed E-state index contributed by atoms with van der Waals surface area (Å²) >= 11 is 6.21. The summed E-state index contributed by atoms with van der Waals surface area (Å²) < 4.78 is 5.25. The second kappa shape index (κ2) is 10.0. The number of nitrogens with zero attached hydrogens (tertiary/aromatic N) is 1. The van der Waals surface area contributed by atoms with E-state index in [9.17, 15) is 0 Å². The van der Waals surface area contributed by atoms with Gasteiger partial charge in [-0.3, -0.25) is 0 Å². The molecule has 0 atom stereocenters. The SMILES string of the molecule is CCCNCc1ccc(Cl)cc1N(CCOC)CC(C)C. The Labute approximate surface area is 134 Å². The van der Waals surface area contributed by atoms with Gasteiger partial charge in [-0.05, 0) is 36.6 Å². The Hall–Kier alpha value is -0.770. The molecule has 21 heavy (non-hydrogen) atoms. The molecule has 1 aromatic carbocycles. The third-order valence-corrected chi connectivity index (χ3v) is 3.52. The van der Waals surface area contributed by atoms with Crippen LogP contribution in [0.4, 0.5) is 5.69 Å². The first-order chi connectivity index (χ1) is 10.1. The van der Waals surface area contributed by atoms with E-state index < -0.39 is 0 Å². The van der Waals surface area contributed by atoms with Crippen LogP contribution in [-0.2, 0) is 11.3 Å². The van der Waals surface area contributed by atoms with Crippen LogP contribution < -0.4 is 10.2 Å². The Morgan fingerprint density at radius 3 is 2.71 bits per heavy atom. The van der Waals surface area contributed by atoms with Crippen LogP contribution in [0.15, 0.2) is 18.2 Å². The lowest BCUT2D eigenvalue weighted by Gasteiger charge is -2.29. The number of rotatable bonds is 10. The smallest absolute Gasteiger partial charge is 0.0637 e. The number of ether oxygens (including phenoxy) is 1. The molecule has 0 unspecified atom stereocenters. The quantitative estimate of drug-likeness (QED) is 0.662. The molecular formula is C17H29ClN2O. The van der Waals surface area contributed by atoms with Crippen molar-refractivity contribution < 1.29 is 4.74 Å². The molecule has 1 rings (SSSR count). The van der Waals surface area contributed by atoms with Crippen molar-refractivity contribution in [3.63, 3.8) is 0 Å². The Balaban J connectivity index is 2.93. The van der Waals surface area contributed by atoms with Crippen LogP contribution in [0.2, 0.25) is 5.02 Å². The predicted molar refractivity (Wildman–Crippen MR) is 92.4 cm³/mol. The maximum atomic E-state index is 6.21. The highest BCUT2D eigenvalue weighted by molar-refractivity contribution is 6.30. The van der Waals surface area contributed by atoms with E-state index in [4.69, 9.17) is 16.3 Å². The van der Waals surface area contributed by atoms with Gasteiger partial charge in [0.05, 0.1) is 6.61 Å². The first-order valence-corrected chi connectivity index (χ1v) is 8.19. The van der Waals surface area contributed by atoms with E-state index in [1.165, 1.54) is 11.3 Å². The minimum absolute atomic E-state index is 0.595. The molecule has 0 amide bonds. The van der Waals surface area contributed by atoms with Gasteiger partial charge < -0.3 is 15.0 Å². The van der Waals surface area contributed by atoms with Crippen LogP contribution >= 0.6 is 11.6 Å². The van der Waals surface area contributed by atoms with E-state index >= 15 is 0 Å². The fraction of sp³-hybridized carbons (Fsp3) is 0.647. The summed E-state index contributed by atoms with van der Waals surface area (Å²) in [6.45, 7) is 11.2. The van der Waals surface area contributed by atoms with E-state index in [0.29, 0.717) is 5.92 Å². The summed E-state index contributed by atoms with van der Waals surface area (Å²) in [6.07, 6.45) is 1.14. The number of hydrogen-bond donors (Lipinski definition) is 1. The molecule has 1 N–H and O–H groups in total. The minimum Gasteiger partial charge on any atom is -0.383 e. The van der Waals surface area contributed by atoms with E-state index in [-0.39, 0.29) is 0 Å². The zero-order valence-corrected chi connectivity index (χ0v) is 14.5. The zero-order chi connectivity index (χ0) is 15.7. The van der Waals surface area contributed by atoms with Crippen molar-refractivity contribution in [3.05, 3.63) is 28.8 Å². The van der Waals surface area contributed by atoms with Gasteiger partial charge in [0.25, 0.3) is 0 Å². The van der Waals surface area contributed by atoms with Crippen molar-refractivity contribution in [2.75, 3.05) is 38.3 Å². The Kier molecular flexibility index (Phi) is 8.74. The highest BCUT2D eigenvalue weighted by Gasteiger charge is 2.13. The van der Waals surface area contributed by atoms with E-state index in [1.54, 1.807) is 7.11 Å². The molecule has 120 valence electrons. The van der Waals surface area contributed by atoms with Crippen molar-refractivity contribution in [1.82, 2.24) is 5.32 Å².